The molecule has 1 aliphatic heterocycles. The van der Waals surface area contributed by atoms with Crippen molar-refractivity contribution in [3.63, 3.8) is 0 Å². The van der Waals surface area contributed by atoms with E-state index in [9.17, 15) is 0 Å². The molecule has 3 aromatic rings. The van der Waals surface area contributed by atoms with Crippen molar-refractivity contribution in [2.24, 2.45) is 0 Å². The molecule has 2 atom stereocenters. The maximum absolute atomic E-state index is 5.75. The van der Waals surface area contributed by atoms with Crippen LogP contribution in [-0.4, -0.2) is 25.0 Å². The fraction of sp³-hybridized carbons (Fsp3) is 0.250. The Bertz CT molecular complexity index is 957. The molecular formula is C20H20IN5S. The molecule has 27 heavy (non-hydrogen) atoms. The summed E-state index contributed by atoms with van der Waals surface area (Å²) in [7, 11) is 0. The zero-order valence-corrected chi connectivity index (χ0v) is 18.1. The molecule has 138 valence electrons. The molecule has 4 heterocycles. The molecule has 1 fully saturated rings. The molecule has 0 aromatic carbocycles. The van der Waals surface area contributed by atoms with Gasteiger partial charge in [0.1, 0.15) is 0 Å². The maximum atomic E-state index is 5.75. The second kappa shape index (κ2) is 7.55. The zero-order valence-electron chi connectivity index (χ0n) is 15.1. The number of nitrogens with one attached hydrogen (secondary N) is 2. The molecule has 4 rings (SSSR count). The lowest BCUT2D eigenvalue weighted by atomic mass is 9.96. The Morgan fingerprint density at radius 2 is 1.89 bits per heavy atom. The van der Waals surface area contributed by atoms with Gasteiger partial charge in [-0.05, 0) is 78.5 Å². The number of aryl methyl sites for hydroxylation is 2. The number of H-pyrrole nitrogens is 1. The van der Waals surface area contributed by atoms with Gasteiger partial charge in [-0.15, -0.1) is 0 Å². The average molecular weight is 489 g/mol. The van der Waals surface area contributed by atoms with E-state index in [1.54, 1.807) is 0 Å². The fourth-order valence-corrected chi connectivity index (χ4v) is 4.86. The Kier molecular flexibility index (Phi) is 5.14. The van der Waals surface area contributed by atoms with Gasteiger partial charge in [0.25, 0.3) is 0 Å². The van der Waals surface area contributed by atoms with Crippen molar-refractivity contribution in [2.45, 2.75) is 32.5 Å². The number of rotatable bonds is 4. The number of hydrogen-bond acceptors (Lipinski definition) is 3. The number of nitrogens with zero attached hydrogens (tertiary/aromatic N) is 3. The third kappa shape index (κ3) is 3.45. The minimum atomic E-state index is 0.00273. The van der Waals surface area contributed by atoms with E-state index in [4.69, 9.17) is 12.2 Å². The number of aromatic nitrogens is 3. The van der Waals surface area contributed by atoms with Crippen molar-refractivity contribution >= 4 is 39.9 Å². The van der Waals surface area contributed by atoms with Crippen LogP contribution in [0.1, 0.15) is 40.3 Å². The van der Waals surface area contributed by atoms with Crippen LogP contribution in [0.25, 0.3) is 0 Å². The molecule has 0 radical (unpaired) electrons. The van der Waals surface area contributed by atoms with E-state index >= 15 is 0 Å². The van der Waals surface area contributed by atoms with Gasteiger partial charge in [0.2, 0.25) is 0 Å². The standard InChI is InChI=1S/C20H20IN5S/c1-12-16(17(21)13(2)24-12)19-18(15-5-3-4-8-23-15)25-20(27)26(19)11-14-6-9-22-10-7-14/h3-10,18-19,24H,11H2,1-2H3,(H,25,27)/t18-,19+/m0/s1. The molecule has 0 amide bonds. The normalized spacial score (nSPS) is 19.4. The average Bonchev–Trinajstić information content (AvgIpc) is 3.12. The molecular weight excluding hydrogens is 469 g/mol. The van der Waals surface area contributed by atoms with Crippen LogP contribution in [0, 0.1) is 17.4 Å². The third-order valence-corrected chi connectivity index (χ3v) is 6.68. The molecule has 7 heteroatoms. The second-order valence-electron chi connectivity index (χ2n) is 6.71. The van der Waals surface area contributed by atoms with Gasteiger partial charge in [-0.2, -0.15) is 0 Å². The SMILES string of the molecule is Cc1[nH]c(C)c([C@@H]2[C@H](c3ccccn3)NC(=S)N2Cc2ccncc2)c1I. The lowest BCUT2D eigenvalue weighted by Crippen LogP contribution is -2.29. The van der Waals surface area contributed by atoms with Gasteiger partial charge < -0.3 is 15.2 Å². The van der Waals surface area contributed by atoms with Crippen LogP contribution in [0.2, 0.25) is 0 Å². The van der Waals surface area contributed by atoms with E-state index < -0.39 is 0 Å². The second-order valence-corrected chi connectivity index (χ2v) is 8.18. The molecule has 0 spiro atoms. The highest BCUT2D eigenvalue weighted by Gasteiger charge is 2.42. The van der Waals surface area contributed by atoms with Crippen LogP contribution < -0.4 is 5.32 Å². The van der Waals surface area contributed by atoms with E-state index in [0.717, 1.165) is 17.4 Å². The lowest BCUT2D eigenvalue weighted by molar-refractivity contribution is 0.309. The molecule has 0 bridgehead atoms. The molecule has 5 nitrogen and oxygen atoms in total. The number of thiocarbonyl (C=S) groups is 1. The van der Waals surface area contributed by atoms with E-state index in [1.165, 1.54) is 26.1 Å². The first-order valence-electron chi connectivity index (χ1n) is 8.77. The van der Waals surface area contributed by atoms with Crippen LogP contribution in [0.3, 0.4) is 0 Å². The Morgan fingerprint density at radius 3 is 2.52 bits per heavy atom. The van der Waals surface area contributed by atoms with Gasteiger partial charge in [0.05, 0.1) is 17.8 Å². The summed E-state index contributed by atoms with van der Waals surface area (Å²) in [6.07, 6.45) is 5.48. The maximum Gasteiger partial charge on any atom is 0.170 e. The lowest BCUT2D eigenvalue weighted by Gasteiger charge is -2.28. The first kappa shape index (κ1) is 18.4. The third-order valence-electron chi connectivity index (χ3n) is 4.94. The molecule has 1 saturated heterocycles. The van der Waals surface area contributed by atoms with Crippen LogP contribution >= 0.6 is 34.8 Å². The number of hydrogen-bond donors (Lipinski definition) is 2. The highest BCUT2D eigenvalue weighted by molar-refractivity contribution is 14.1. The zero-order chi connectivity index (χ0) is 19.0. The van der Waals surface area contributed by atoms with Crippen LogP contribution in [0.4, 0.5) is 0 Å². The van der Waals surface area contributed by atoms with E-state index in [2.05, 4.69) is 67.7 Å². The van der Waals surface area contributed by atoms with Gasteiger partial charge in [-0.25, -0.2) is 0 Å². The van der Waals surface area contributed by atoms with Crippen molar-refractivity contribution in [1.82, 2.24) is 25.2 Å². The van der Waals surface area contributed by atoms with Gasteiger partial charge in [0.15, 0.2) is 5.11 Å². The summed E-state index contributed by atoms with van der Waals surface area (Å²) in [5, 5.41) is 4.27. The van der Waals surface area contributed by atoms with Crippen molar-refractivity contribution in [2.75, 3.05) is 0 Å². The van der Waals surface area contributed by atoms with Crippen LogP contribution in [0.15, 0.2) is 48.9 Å². The van der Waals surface area contributed by atoms with Gasteiger partial charge in [-0.1, -0.05) is 6.07 Å². The summed E-state index contributed by atoms with van der Waals surface area (Å²) in [4.78, 5) is 14.5. The van der Waals surface area contributed by atoms with Gasteiger partial charge in [0, 0.05) is 45.7 Å². The topological polar surface area (TPSA) is 56.8 Å². The van der Waals surface area contributed by atoms with Gasteiger partial charge in [-0.3, -0.25) is 9.97 Å². The number of aromatic amines is 1. The quantitative estimate of drug-likeness (QED) is 0.425. The molecule has 0 aliphatic carbocycles. The molecule has 0 unspecified atom stereocenters. The Morgan fingerprint density at radius 1 is 1.11 bits per heavy atom. The van der Waals surface area contributed by atoms with Crippen molar-refractivity contribution < 1.29 is 0 Å². The van der Waals surface area contributed by atoms with E-state index in [-0.39, 0.29) is 12.1 Å². The summed E-state index contributed by atoms with van der Waals surface area (Å²) in [5.41, 5.74) is 5.82. The van der Waals surface area contributed by atoms with Crippen LogP contribution in [-0.2, 0) is 6.54 Å². The monoisotopic (exact) mass is 489 g/mol. The predicted octanol–water partition coefficient (Wildman–Crippen LogP) is 4.20. The molecule has 1 aliphatic rings. The highest BCUT2D eigenvalue weighted by Crippen LogP contribution is 2.43. The predicted molar refractivity (Wildman–Crippen MR) is 118 cm³/mol. The molecule has 2 N–H and O–H groups in total. The highest BCUT2D eigenvalue weighted by atomic mass is 127. The van der Waals surface area contributed by atoms with Gasteiger partial charge >= 0.3 is 0 Å². The Hall–Kier alpha value is -2.00. The van der Waals surface area contributed by atoms with Crippen molar-refractivity contribution in [1.29, 1.82) is 0 Å². The smallest absolute Gasteiger partial charge is 0.170 e. The first-order chi connectivity index (χ1) is 13.1. The summed E-state index contributed by atoms with van der Waals surface area (Å²) >= 11 is 8.18. The van der Waals surface area contributed by atoms with Crippen molar-refractivity contribution in [3.05, 3.63) is 80.7 Å². The Labute approximate surface area is 177 Å². The minimum Gasteiger partial charge on any atom is -0.362 e. The number of halogens is 1. The van der Waals surface area contributed by atoms with Crippen molar-refractivity contribution in [3.8, 4) is 0 Å². The van der Waals surface area contributed by atoms with E-state index in [0.29, 0.717) is 0 Å². The summed E-state index contributed by atoms with van der Waals surface area (Å²) in [6, 6.07) is 10.2. The van der Waals surface area contributed by atoms with E-state index in [1.807, 2.05) is 42.9 Å². The molecule has 3 aromatic heterocycles. The summed E-state index contributed by atoms with van der Waals surface area (Å²) in [6.45, 7) is 4.97. The fourth-order valence-electron chi connectivity index (χ4n) is 3.70. The Balaban J connectivity index is 1.80. The van der Waals surface area contributed by atoms with Crippen LogP contribution in [0.5, 0.6) is 0 Å². The summed E-state index contributed by atoms with van der Waals surface area (Å²) < 4.78 is 1.25. The first-order valence-corrected chi connectivity index (χ1v) is 10.3. The summed E-state index contributed by atoms with van der Waals surface area (Å²) in [5.74, 6) is 0. The minimum absolute atomic E-state index is 0.00273. The largest absolute Gasteiger partial charge is 0.362 e. The molecule has 0 saturated carbocycles. The number of pyridine rings is 2.